The van der Waals surface area contributed by atoms with Crippen molar-refractivity contribution in [3.8, 4) is 16.9 Å². The van der Waals surface area contributed by atoms with Crippen molar-refractivity contribution in [1.29, 1.82) is 0 Å². The van der Waals surface area contributed by atoms with Crippen LogP contribution in [0.1, 0.15) is 12.5 Å². The molecule has 0 unspecified atom stereocenters. The van der Waals surface area contributed by atoms with E-state index in [0.717, 1.165) is 17.2 Å². The summed E-state index contributed by atoms with van der Waals surface area (Å²) in [7, 11) is 0. The molecule has 0 aliphatic carbocycles. The van der Waals surface area contributed by atoms with Crippen LogP contribution in [0, 0.1) is 0 Å². The summed E-state index contributed by atoms with van der Waals surface area (Å²) >= 11 is 0. The third-order valence-corrected chi connectivity index (χ3v) is 4.97. The number of hydrogen-bond donors (Lipinski definition) is 3. The van der Waals surface area contributed by atoms with Gasteiger partial charge in [-0.1, -0.05) is 12.1 Å². The highest BCUT2D eigenvalue weighted by Gasteiger charge is 2.40. The van der Waals surface area contributed by atoms with E-state index in [4.69, 9.17) is 9.47 Å². The molecule has 2 heterocycles. The lowest BCUT2D eigenvalue weighted by Gasteiger charge is -2.38. The minimum atomic E-state index is -4.66. The molecule has 1 aliphatic rings. The first-order chi connectivity index (χ1) is 15.6. The van der Waals surface area contributed by atoms with Gasteiger partial charge in [0.05, 0.1) is 18.8 Å². The van der Waals surface area contributed by atoms with Crippen LogP contribution in [0.15, 0.2) is 65.6 Å². The monoisotopic (exact) mass is 459 g/mol. The van der Waals surface area contributed by atoms with Crippen LogP contribution in [0.4, 0.5) is 29.3 Å². The number of amides is 2. The van der Waals surface area contributed by atoms with Gasteiger partial charge in [0.15, 0.2) is 5.60 Å². The molecule has 33 heavy (non-hydrogen) atoms. The number of hydrogen-bond acceptors (Lipinski definition) is 4. The minimum Gasteiger partial charge on any atom is -0.482 e. The molecule has 1 saturated heterocycles. The Morgan fingerprint density at radius 2 is 1.64 bits per heavy atom. The summed E-state index contributed by atoms with van der Waals surface area (Å²) in [5.41, 5.74) is -0.00953. The highest BCUT2D eigenvalue weighted by Crippen LogP contribution is 2.40. The molecular weight excluding hydrogens is 439 g/mol. The number of pyridine rings is 1. The molecule has 1 fully saturated rings. The zero-order valence-corrected chi connectivity index (χ0v) is 17.5. The Kier molecular flexibility index (Phi) is 5.86. The average Bonchev–Trinajstić information content (AvgIpc) is 2.74. The number of anilines is 2. The summed E-state index contributed by atoms with van der Waals surface area (Å²) in [6, 6.07) is 12.5. The number of halogens is 3. The van der Waals surface area contributed by atoms with Gasteiger partial charge in [0, 0.05) is 23.6 Å². The van der Waals surface area contributed by atoms with Gasteiger partial charge in [-0.15, -0.1) is 0 Å². The van der Waals surface area contributed by atoms with E-state index in [2.05, 4.69) is 15.6 Å². The molecule has 0 atom stereocenters. The molecule has 0 bridgehead atoms. The van der Waals surface area contributed by atoms with Crippen molar-refractivity contribution >= 4 is 17.4 Å². The Morgan fingerprint density at radius 1 is 1.00 bits per heavy atom. The van der Waals surface area contributed by atoms with Gasteiger partial charge >= 0.3 is 12.2 Å². The Morgan fingerprint density at radius 3 is 2.21 bits per heavy atom. The lowest BCUT2D eigenvalue weighted by atomic mass is 10.0. The molecule has 0 saturated carbocycles. The summed E-state index contributed by atoms with van der Waals surface area (Å²) in [6.07, 6.45) is -3.09. The average molecular weight is 459 g/mol. The molecule has 172 valence electrons. The van der Waals surface area contributed by atoms with Crippen LogP contribution in [-0.4, -0.2) is 29.8 Å². The number of ether oxygens (including phenoxy) is 2. The van der Waals surface area contributed by atoms with Crippen LogP contribution in [0.5, 0.6) is 5.75 Å². The molecule has 7 nitrogen and oxygen atoms in total. The molecule has 2 amide bonds. The number of nitrogens with one attached hydrogen (secondary N) is 3. The molecular formula is C23H20F3N3O4. The van der Waals surface area contributed by atoms with Gasteiger partial charge in [0.2, 0.25) is 5.56 Å². The van der Waals surface area contributed by atoms with Crippen molar-refractivity contribution in [2.24, 2.45) is 0 Å². The Bertz CT molecular complexity index is 1200. The van der Waals surface area contributed by atoms with Gasteiger partial charge in [-0.2, -0.15) is 13.2 Å². The number of carbonyl (C=O) groups is 1. The van der Waals surface area contributed by atoms with E-state index in [0.29, 0.717) is 5.69 Å². The van der Waals surface area contributed by atoms with Crippen molar-refractivity contribution in [2.75, 3.05) is 23.8 Å². The van der Waals surface area contributed by atoms with E-state index in [9.17, 15) is 22.8 Å². The van der Waals surface area contributed by atoms with Crippen LogP contribution < -0.4 is 20.9 Å². The molecule has 1 aliphatic heterocycles. The Balaban J connectivity index is 1.44. The van der Waals surface area contributed by atoms with E-state index >= 15 is 0 Å². The quantitative estimate of drug-likeness (QED) is 0.508. The predicted octanol–water partition coefficient (Wildman–Crippen LogP) is 4.87. The maximum Gasteiger partial charge on any atom is 0.420 e. The second-order valence-electron chi connectivity index (χ2n) is 7.85. The molecule has 2 aromatic carbocycles. The minimum absolute atomic E-state index is 0.0351. The smallest absolute Gasteiger partial charge is 0.420 e. The molecule has 10 heteroatoms. The number of H-pyrrole nitrogens is 1. The number of aromatic nitrogens is 1. The maximum atomic E-state index is 13.6. The highest BCUT2D eigenvalue weighted by molar-refractivity contribution is 6.00. The van der Waals surface area contributed by atoms with Crippen molar-refractivity contribution in [2.45, 2.75) is 18.7 Å². The predicted molar refractivity (Wildman–Crippen MR) is 116 cm³/mol. The largest absolute Gasteiger partial charge is 0.482 e. The van der Waals surface area contributed by atoms with Crippen LogP contribution >= 0.6 is 0 Å². The summed E-state index contributed by atoms with van der Waals surface area (Å²) in [4.78, 5) is 26.1. The van der Waals surface area contributed by atoms with Gasteiger partial charge in [-0.25, -0.2) is 4.79 Å². The number of aromatic amines is 1. The summed E-state index contributed by atoms with van der Waals surface area (Å²) in [5.74, 6) is -0.322. The molecule has 1 aromatic heterocycles. The first-order valence-electron chi connectivity index (χ1n) is 9.97. The number of alkyl halides is 3. The standard InChI is InChI=1S/C23H20F3N3O4/c1-22(12-32-13-22)33-19-8-7-17(10-18(19)23(24,25)26)29-21(31)28-16-5-2-14(3-6-16)15-4-9-20(30)27-11-15/h2-11H,12-13H2,1H3,(H,27,30)(H2,28,29,31). The van der Waals surface area contributed by atoms with E-state index < -0.39 is 23.4 Å². The second kappa shape index (κ2) is 8.62. The van der Waals surface area contributed by atoms with Gasteiger partial charge < -0.3 is 25.1 Å². The molecule has 3 N–H and O–H groups in total. The highest BCUT2D eigenvalue weighted by atomic mass is 19.4. The molecule has 3 aromatic rings. The summed E-state index contributed by atoms with van der Waals surface area (Å²) in [5, 5.41) is 4.97. The summed E-state index contributed by atoms with van der Waals surface area (Å²) < 4.78 is 51.2. The molecule has 4 rings (SSSR count). The van der Waals surface area contributed by atoms with Crippen molar-refractivity contribution in [1.82, 2.24) is 4.98 Å². The third kappa shape index (κ3) is 5.35. The first kappa shape index (κ1) is 22.4. The topological polar surface area (TPSA) is 92.5 Å². The van der Waals surface area contributed by atoms with Crippen LogP contribution in [0.2, 0.25) is 0 Å². The van der Waals surface area contributed by atoms with Crippen molar-refractivity contribution < 1.29 is 27.4 Å². The lowest BCUT2D eigenvalue weighted by molar-refractivity contribution is -0.160. The van der Waals surface area contributed by atoms with E-state index in [1.54, 1.807) is 43.5 Å². The zero-order valence-electron chi connectivity index (χ0n) is 17.5. The fraction of sp³-hybridized carbons (Fsp3) is 0.217. The zero-order chi connectivity index (χ0) is 23.6. The van der Waals surface area contributed by atoms with Crippen LogP contribution in [-0.2, 0) is 10.9 Å². The fourth-order valence-electron chi connectivity index (χ4n) is 3.26. The van der Waals surface area contributed by atoms with Gasteiger partial charge in [0.25, 0.3) is 0 Å². The van der Waals surface area contributed by atoms with E-state index in [1.807, 2.05) is 0 Å². The lowest BCUT2D eigenvalue weighted by Crippen LogP contribution is -2.51. The Hall–Kier alpha value is -3.79. The van der Waals surface area contributed by atoms with E-state index in [1.165, 1.54) is 18.2 Å². The number of rotatable bonds is 5. The van der Waals surface area contributed by atoms with Crippen molar-refractivity contribution in [3.63, 3.8) is 0 Å². The molecule has 0 spiro atoms. The number of urea groups is 1. The van der Waals surface area contributed by atoms with Crippen LogP contribution in [0.3, 0.4) is 0 Å². The number of benzene rings is 2. The van der Waals surface area contributed by atoms with Gasteiger partial charge in [0.1, 0.15) is 5.75 Å². The molecule has 0 radical (unpaired) electrons. The fourth-order valence-corrected chi connectivity index (χ4v) is 3.26. The summed E-state index contributed by atoms with van der Waals surface area (Å²) in [6.45, 7) is 2.07. The normalized spacial score (nSPS) is 14.8. The Labute approximate surface area is 186 Å². The van der Waals surface area contributed by atoms with Crippen molar-refractivity contribution in [3.05, 3.63) is 76.7 Å². The van der Waals surface area contributed by atoms with E-state index in [-0.39, 0.29) is 30.2 Å². The SMILES string of the molecule is CC1(Oc2ccc(NC(=O)Nc3ccc(-c4ccc(=O)[nH]c4)cc3)cc2C(F)(F)F)COC1. The first-order valence-corrected chi connectivity index (χ1v) is 9.97. The maximum absolute atomic E-state index is 13.6. The number of carbonyl (C=O) groups excluding carboxylic acids is 1. The van der Waals surface area contributed by atoms with Gasteiger partial charge in [-0.05, 0) is 54.4 Å². The third-order valence-electron chi connectivity index (χ3n) is 4.97. The van der Waals surface area contributed by atoms with Gasteiger partial charge in [-0.3, -0.25) is 4.79 Å². The second-order valence-corrected chi connectivity index (χ2v) is 7.85. The van der Waals surface area contributed by atoms with Crippen LogP contribution in [0.25, 0.3) is 11.1 Å².